The molecule has 0 aliphatic carbocycles. The van der Waals surface area contributed by atoms with Crippen molar-refractivity contribution in [2.45, 2.75) is 29.8 Å². The molecule has 0 saturated carbocycles. The highest BCUT2D eigenvalue weighted by Crippen LogP contribution is 2.40. The molecule has 2 aromatic rings. The molecule has 0 aliphatic heterocycles. The molecule has 0 bridgehead atoms. The van der Waals surface area contributed by atoms with Gasteiger partial charge in [-0.1, -0.05) is 18.7 Å². The monoisotopic (exact) mass is 345 g/mol. The van der Waals surface area contributed by atoms with Crippen molar-refractivity contribution >= 4 is 39.0 Å². The molecule has 0 saturated heterocycles. The van der Waals surface area contributed by atoms with Crippen molar-refractivity contribution in [3.63, 3.8) is 0 Å². The van der Waals surface area contributed by atoms with Crippen LogP contribution in [0.15, 0.2) is 33.5 Å². The predicted octanol–water partition coefficient (Wildman–Crippen LogP) is 3.81. The second-order valence-corrected chi connectivity index (χ2v) is 7.07. The Balaban J connectivity index is 2.23. The Morgan fingerprint density at radius 3 is 2.89 bits per heavy atom. The molecule has 0 aromatic carbocycles. The molecule has 6 heteroatoms. The average Bonchev–Trinajstić information content (AvgIpc) is 2.94. The van der Waals surface area contributed by atoms with Gasteiger partial charge in [-0.3, -0.25) is 0 Å². The van der Waals surface area contributed by atoms with E-state index in [0.29, 0.717) is 0 Å². The molecule has 0 spiro atoms. The number of imidazole rings is 1. The molecule has 98 valence electrons. The first-order valence-corrected chi connectivity index (χ1v) is 8.30. The molecule has 3 nitrogen and oxygen atoms in total. The topological polar surface area (TPSA) is 43.8 Å². The third-order valence-corrected chi connectivity index (χ3v) is 6.13. The van der Waals surface area contributed by atoms with E-state index >= 15 is 0 Å². The van der Waals surface area contributed by atoms with Gasteiger partial charge < -0.3 is 10.3 Å². The molecule has 0 amide bonds. The first-order valence-electron chi connectivity index (χ1n) is 5.75. The summed E-state index contributed by atoms with van der Waals surface area (Å²) in [5, 5.41) is 3.37. The summed E-state index contributed by atoms with van der Waals surface area (Å²) in [6.07, 6.45) is 4.74. The smallest absolute Gasteiger partial charge is 0.168 e. The zero-order valence-electron chi connectivity index (χ0n) is 10.3. The predicted molar refractivity (Wildman–Crippen MR) is 82.1 cm³/mol. The molecule has 2 unspecified atom stereocenters. The minimum atomic E-state index is 0.136. The van der Waals surface area contributed by atoms with Crippen LogP contribution < -0.4 is 5.73 Å². The first kappa shape index (κ1) is 14.1. The molecule has 2 aromatic heterocycles. The standard InChI is InChI=1S/C12H16BrN3S2/c1-3-9(14)11(10-6-8(13)7-17-10)18-12-15-4-5-16(12)2/h4-7,9,11H,3,14H2,1-2H3. The Labute approximate surface area is 124 Å². The SMILES string of the molecule is CCC(N)C(Sc1nccn1C)c1cc(Br)cs1. The lowest BCUT2D eigenvalue weighted by Crippen LogP contribution is -2.25. The summed E-state index contributed by atoms with van der Waals surface area (Å²) >= 11 is 6.99. The van der Waals surface area contributed by atoms with Gasteiger partial charge in [0, 0.05) is 40.2 Å². The maximum Gasteiger partial charge on any atom is 0.168 e. The Kier molecular flexibility index (Phi) is 4.89. The number of nitrogens with two attached hydrogens (primary N) is 1. The van der Waals surface area contributed by atoms with Crippen LogP contribution in [-0.2, 0) is 7.05 Å². The number of aryl methyl sites for hydroxylation is 1. The third-order valence-electron chi connectivity index (χ3n) is 2.74. The third kappa shape index (κ3) is 3.17. The van der Waals surface area contributed by atoms with Gasteiger partial charge >= 0.3 is 0 Å². The highest BCUT2D eigenvalue weighted by Gasteiger charge is 2.23. The maximum absolute atomic E-state index is 6.26. The number of nitrogens with zero attached hydrogens (tertiary/aromatic N) is 2. The van der Waals surface area contributed by atoms with Gasteiger partial charge in [0.2, 0.25) is 0 Å². The van der Waals surface area contributed by atoms with Crippen molar-refractivity contribution in [3.05, 3.63) is 33.2 Å². The maximum atomic E-state index is 6.26. The molecule has 2 rings (SSSR count). The van der Waals surface area contributed by atoms with Crippen LogP contribution in [-0.4, -0.2) is 15.6 Å². The summed E-state index contributed by atoms with van der Waals surface area (Å²) in [5.41, 5.74) is 6.26. The molecule has 2 N–H and O–H groups in total. The Bertz CT molecular complexity index is 509. The molecule has 2 atom stereocenters. The molecule has 0 fully saturated rings. The van der Waals surface area contributed by atoms with Crippen LogP contribution in [0.1, 0.15) is 23.5 Å². The van der Waals surface area contributed by atoms with Gasteiger partial charge in [-0.15, -0.1) is 11.3 Å². The van der Waals surface area contributed by atoms with Crippen molar-refractivity contribution in [1.29, 1.82) is 0 Å². The van der Waals surface area contributed by atoms with Crippen LogP contribution in [0.25, 0.3) is 0 Å². The highest BCUT2D eigenvalue weighted by molar-refractivity contribution is 9.10. The van der Waals surface area contributed by atoms with E-state index in [9.17, 15) is 0 Å². The van der Waals surface area contributed by atoms with E-state index < -0.39 is 0 Å². The molecule has 2 heterocycles. The molecule has 0 radical (unpaired) electrons. The van der Waals surface area contributed by atoms with Gasteiger partial charge in [0.1, 0.15) is 0 Å². The van der Waals surface area contributed by atoms with Crippen LogP contribution in [0.4, 0.5) is 0 Å². The molecule has 18 heavy (non-hydrogen) atoms. The van der Waals surface area contributed by atoms with Crippen molar-refractivity contribution < 1.29 is 0 Å². The Morgan fingerprint density at radius 1 is 1.61 bits per heavy atom. The summed E-state index contributed by atoms with van der Waals surface area (Å²) in [6.45, 7) is 2.12. The van der Waals surface area contributed by atoms with Gasteiger partial charge in [-0.2, -0.15) is 0 Å². The van der Waals surface area contributed by atoms with E-state index in [2.05, 4.69) is 39.3 Å². The van der Waals surface area contributed by atoms with Gasteiger partial charge in [0.25, 0.3) is 0 Å². The summed E-state index contributed by atoms with van der Waals surface area (Å²) < 4.78 is 3.15. The minimum Gasteiger partial charge on any atom is -0.329 e. The number of rotatable bonds is 5. The van der Waals surface area contributed by atoms with Gasteiger partial charge in [0.05, 0.1) is 5.25 Å². The van der Waals surface area contributed by atoms with Crippen molar-refractivity contribution in [3.8, 4) is 0 Å². The zero-order valence-corrected chi connectivity index (χ0v) is 13.6. The lowest BCUT2D eigenvalue weighted by atomic mass is 10.1. The molecular formula is C12H16BrN3S2. The Hall–Kier alpha value is -0.300. The number of hydrogen-bond donors (Lipinski definition) is 1. The van der Waals surface area contributed by atoms with E-state index in [0.717, 1.165) is 16.0 Å². The van der Waals surface area contributed by atoms with Crippen LogP contribution in [0.5, 0.6) is 0 Å². The Morgan fingerprint density at radius 2 is 2.39 bits per heavy atom. The lowest BCUT2D eigenvalue weighted by Gasteiger charge is -2.20. The zero-order chi connectivity index (χ0) is 13.1. The summed E-state index contributed by atoms with van der Waals surface area (Å²) in [4.78, 5) is 5.66. The largest absolute Gasteiger partial charge is 0.329 e. The van der Waals surface area contributed by atoms with Crippen molar-refractivity contribution in [1.82, 2.24) is 9.55 Å². The molecular weight excluding hydrogens is 330 g/mol. The number of halogens is 1. The van der Waals surface area contributed by atoms with Gasteiger partial charge in [0.15, 0.2) is 5.16 Å². The molecule has 0 aliphatic rings. The summed E-state index contributed by atoms with van der Waals surface area (Å²) in [6, 6.07) is 2.29. The van der Waals surface area contributed by atoms with E-state index in [1.165, 1.54) is 4.88 Å². The second kappa shape index (κ2) is 6.23. The van der Waals surface area contributed by atoms with Gasteiger partial charge in [-0.05, 0) is 28.4 Å². The fraction of sp³-hybridized carbons (Fsp3) is 0.417. The fourth-order valence-electron chi connectivity index (χ4n) is 1.63. The summed E-state index contributed by atoms with van der Waals surface area (Å²) in [7, 11) is 2.01. The average molecular weight is 346 g/mol. The quantitative estimate of drug-likeness (QED) is 0.837. The fourth-order valence-corrected chi connectivity index (χ4v) is 4.56. The summed E-state index contributed by atoms with van der Waals surface area (Å²) in [5.74, 6) is 0. The second-order valence-electron chi connectivity index (χ2n) is 4.10. The van der Waals surface area contributed by atoms with E-state index in [-0.39, 0.29) is 11.3 Å². The number of thioether (sulfide) groups is 1. The normalized spacial score (nSPS) is 14.7. The van der Waals surface area contributed by atoms with Crippen LogP contribution >= 0.6 is 39.0 Å². The van der Waals surface area contributed by atoms with Crippen LogP contribution in [0.2, 0.25) is 0 Å². The number of aromatic nitrogens is 2. The van der Waals surface area contributed by atoms with Crippen molar-refractivity contribution in [2.24, 2.45) is 12.8 Å². The van der Waals surface area contributed by atoms with Crippen molar-refractivity contribution in [2.75, 3.05) is 0 Å². The van der Waals surface area contributed by atoms with E-state index in [1.807, 2.05) is 24.0 Å². The van der Waals surface area contributed by atoms with Crippen LogP contribution in [0.3, 0.4) is 0 Å². The lowest BCUT2D eigenvalue weighted by molar-refractivity contribution is 0.636. The highest BCUT2D eigenvalue weighted by atomic mass is 79.9. The number of hydrogen-bond acceptors (Lipinski definition) is 4. The van der Waals surface area contributed by atoms with E-state index in [4.69, 9.17) is 5.73 Å². The first-order chi connectivity index (χ1) is 8.61. The van der Waals surface area contributed by atoms with Gasteiger partial charge in [-0.25, -0.2) is 4.98 Å². The minimum absolute atomic E-state index is 0.136. The van der Waals surface area contributed by atoms with Crippen LogP contribution in [0, 0.1) is 0 Å². The van der Waals surface area contributed by atoms with E-state index in [1.54, 1.807) is 23.1 Å². The number of thiophene rings is 1.